The average Bonchev–Trinajstić information content (AvgIpc) is 3.11. The van der Waals surface area contributed by atoms with E-state index in [9.17, 15) is 0 Å². The first-order valence-corrected chi connectivity index (χ1v) is 8.28. The van der Waals surface area contributed by atoms with E-state index in [2.05, 4.69) is 22.1 Å². The lowest BCUT2D eigenvalue weighted by Gasteiger charge is -2.04. The van der Waals surface area contributed by atoms with Crippen molar-refractivity contribution in [1.82, 2.24) is 10.2 Å². The van der Waals surface area contributed by atoms with Gasteiger partial charge in [-0.05, 0) is 18.4 Å². The third kappa shape index (κ3) is 2.62. The normalized spacial score (nSPS) is 16.8. The molecule has 0 saturated carbocycles. The molecule has 18 heavy (non-hydrogen) atoms. The van der Waals surface area contributed by atoms with Crippen LogP contribution in [-0.4, -0.2) is 26.9 Å². The molecule has 0 bridgehead atoms. The van der Waals surface area contributed by atoms with E-state index in [1.54, 1.807) is 34.9 Å². The molecule has 1 aliphatic heterocycles. The van der Waals surface area contributed by atoms with Gasteiger partial charge >= 0.3 is 0 Å². The van der Waals surface area contributed by atoms with Gasteiger partial charge in [0.25, 0.3) is 5.89 Å². The maximum atomic E-state index is 5.70. The molecule has 0 fully saturated rings. The first kappa shape index (κ1) is 12.3. The van der Waals surface area contributed by atoms with Crippen LogP contribution in [0.1, 0.15) is 18.1 Å². The van der Waals surface area contributed by atoms with Crippen molar-refractivity contribution in [3.05, 3.63) is 23.4 Å². The molecule has 0 N–H and O–H groups in total. The highest BCUT2D eigenvalue weighted by Gasteiger charge is 2.19. The third-order valence-corrected chi connectivity index (χ3v) is 5.50. The van der Waals surface area contributed by atoms with Gasteiger partial charge in [0.2, 0.25) is 5.89 Å². The minimum atomic E-state index is 0.149. The largest absolute Gasteiger partial charge is 0.419 e. The van der Waals surface area contributed by atoms with E-state index in [1.807, 2.05) is 17.5 Å². The van der Waals surface area contributed by atoms with E-state index >= 15 is 0 Å². The summed E-state index contributed by atoms with van der Waals surface area (Å²) in [6, 6.07) is 3.96. The monoisotopic (exact) mass is 297 g/mol. The molecule has 0 amide bonds. The summed E-state index contributed by atoms with van der Waals surface area (Å²) in [5, 5.41) is 10.4. The molecule has 2 aromatic heterocycles. The van der Waals surface area contributed by atoms with Crippen molar-refractivity contribution < 1.29 is 4.42 Å². The molecule has 4 nitrogen and oxygen atoms in total. The van der Waals surface area contributed by atoms with Gasteiger partial charge in [-0.1, -0.05) is 29.6 Å². The van der Waals surface area contributed by atoms with Crippen LogP contribution in [0.15, 0.2) is 26.9 Å². The van der Waals surface area contributed by atoms with Crippen LogP contribution in [0.2, 0.25) is 0 Å². The topological polar surface area (TPSA) is 51.3 Å². The fourth-order valence-corrected chi connectivity index (χ4v) is 4.29. The Morgan fingerprint density at radius 1 is 1.44 bits per heavy atom. The minimum Gasteiger partial charge on any atom is -0.419 e. The Labute approximate surface area is 117 Å². The zero-order valence-corrected chi connectivity index (χ0v) is 12.1. The Balaban J connectivity index is 1.72. The van der Waals surface area contributed by atoms with Crippen molar-refractivity contribution in [3.8, 4) is 10.8 Å². The van der Waals surface area contributed by atoms with Crippen LogP contribution >= 0.6 is 34.9 Å². The molecule has 1 aliphatic rings. The number of rotatable bonds is 3. The van der Waals surface area contributed by atoms with Crippen molar-refractivity contribution in [1.29, 1.82) is 0 Å². The van der Waals surface area contributed by atoms with Crippen molar-refractivity contribution in [3.63, 3.8) is 0 Å². The zero-order valence-electron chi connectivity index (χ0n) is 9.70. The van der Waals surface area contributed by atoms with Crippen LogP contribution in [0, 0.1) is 0 Å². The molecule has 0 spiro atoms. The molecule has 3 heterocycles. The SMILES string of the molecule is C[C@H](SC1=NCCS1)c1nnc(-c2cccs2)o1. The molecule has 7 heteroatoms. The van der Waals surface area contributed by atoms with Gasteiger partial charge in [-0.3, -0.25) is 4.99 Å². The second kappa shape index (κ2) is 5.46. The molecule has 0 unspecified atom stereocenters. The number of nitrogens with zero attached hydrogens (tertiary/aromatic N) is 3. The fraction of sp³-hybridized carbons (Fsp3) is 0.364. The summed E-state index contributed by atoms with van der Waals surface area (Å²) in [6.07, 6.45) is 0. The van der Waals surface area contributed by atoms with Gasteiger partial charge in [0.05, 0.1) is 16.7 Å². The number of hydrogen-bond acceptors (Lipinski definition) is 7. The highest BCUT2D eigenvalue weighted by Crippen LogP contribution is 2.35. The molecular weight excluding hydrogens is 286 g/mol. The molecule has 0 radical (unpaired) electrons. The number of aromatic nitrogens is 2. The minimum absolute atomic E-state index is 0.149. The number of thioether (sulfide) groups is 2. The summed E-state index contributed by atoms with van der Waals surface area (Å²) in [4.78, 5) is 5.43. The molecule has 3 rings (SSSR count). The Bertz CT molecular complexity index is 550. The molecule has 0 aromatic carbocycles. The zero-order chi connectivity index (χ0) is 12.4. The Morgan fingerprint density at radius 2 is 2.39 bits per heavy atom. The third-order valence-electron chi connectivity index (χ3n) is 2.36. The number of thiophene rings is 1. The van der Waals surface area contributed by atoms with Crippen molar-refractivity contribution in [2.75, 3.05) is 12.3 Å². The first-order valence-electron chi connectivity index (χ1n) is 5.54. The quantitative estimate of drug-likeness (QED) is 0.864. The summed E-state index contributed by atoms with van der Waals surface area (Å²) in [5.41, 5.74) is 0. The van der Waals surface area contributed by atoms with Gasteiger partial charge in [0.1, 0.15) is 4.38 Å². The highest BCUT2D eigenvalue weighted by molar-refractivity contribution is 8.39. The average molecular weight is 297 g/mol. The van der Waals surface area contributed by atoms with Crippen LogP contribution in [0.4, 0.5) is 0 Å². The molecule has 2 aromatic rings. The first-order chi connectivity index (χ1) is 8.83. The predicted molar refractivity (Wildman–Crippen MR) is 78.4 cm³/mol. The van der Waals surface area contributed by atoms with Crippen LogP contribution in [0.3, 0.4) is 0 Å². The predicted octanol–water partition coefficient (Wildman–Crippen LogP) is 3.70. The Hall–Kier alpha value is -0.790. The molecule has 94 valence electrons. The van der Waals surface area contributed by atoms with E-state index in [0.717, 1.165) is 21.6 Å². The summed E-state index contributed by atoms with van der Waals surface area (Å²) in [5.74, 6) is 2.35. The Kier molecular flexibility index (Phi) is 3.72. The number of hydrogen-bond donors (Lipinski definition) is 0. The van der Waals surface area contributed by atoms with Crippen LogP contribution < -0.4 is 0 Å². The van der Waals surface area contributed by atoms with Crippen molar-refractivity contribution >= 4 is 39.2 Å². The van der Waals surface area contributed by atoms with Crippen LogP contribution in [-0.2, 0) is 0 Å². The molecular formula is C11H11N3OS3. The van der Waals surface area contributed by atoms with E-state index in [4.69, 9.17) is 4.42 Å². The smallest absolute Gasteiger partial charge is 0.257 e. The van der Waals surface area contributed by atoms with E-state index in [1.165, 1.54) is 0 Å². The molecule has 0 aliphatic carbocycles. The second-order valence-electron chi connectivity index (χ2n) is 3.68. The van der Waals surface area contributed by atoms with E-state index in [0.29, 0.717) is 11.8 Å². The van der Waals surface area contributed by atoms with Gasteiger partial charge in [0.15, 0.2) is 0 Å². The van der Waals surface area contributed by atoms with Crippen molar-refractivity contribution in [2.45, 2.75) is 12.2 Å². The molecule has 0 saturated heterocycles. The van der Waals surface area contributed by atoms with Gasteiger partial charge < -0.3 is 4.42 Å². The molecule has 1 atom stereocenters. The summed E-state index contributed by atoms with van der Waals surface area (Å²) >= 11 is 5.09. The van der Waals surface area contributed by atoms with Gasteiger partial charge in [0, 0.05) is 5.75 Å². The maximum Gasteiger partial charge on any atom is 0.257 e. The van der Waals surface area contributed by atoms with Gasteiger partial charge in [-0.25, -0.2) is 0 Å². The van der Waals surface area contributed by atoms with Gasteiger partial charge in [-0.2, -0.15) is 0 Å². The lowest BCUT2D eigenvalue weighted by Crippen LogP contribution is -1.92. The standard InChI is InChI=1S/C11H11N3OS3/c1-7(18-11-12-4-6-17-11)9-13-14-10(15-9)8-3-2-5-16-8/h2-3,5,7H,4,6H2,1H3/t7-/m0/s1. The van der Waals surface area contributed by atoms with Crippen LogP contribution in [0.5, 0.6) is 0 Å². The maximum absolute atomic E-state index is 5.70. The fourth-order valence-electron chi connectivity index (χ4n) is 1.49. The second-order valence-corrected chi connectivity index (χ2v) is 7.30. The van der Waals surface area contributed by atoms with Crippen molar-refractivity contribution in [2.24, 2.45) is 4.99 Å². The summed E-state index contributed by atoms with van der Waals surface area (Å²) in [7, 11) is 0. The summed E-state index contributed by atoms with van der Waals surface area (Å²) < 4.78 is 6.83. The summed E-state index contributed by atoms with van der Waals surface area (Å²) in [6.45, 7) is 2.99. The van der Waals surface area contributed by atoms with E-state index < -0.39 is 0 Å². The Morgan fingerprint density at radius 3 is 3.11 bits per heavy atom. The lowest BCUT2D eigenvalue weighted by atomic mass is 10.5. The number of aliphatic imine (C=N–C) groups is 1. The lowest BCUT2D eigenvalue weighted by molar-refractivity contribution is 0.511. The highest BCUT2D eigenvalue weighted by atomic mass is 32.2. The van der Waals surface area contributed by atoms with E-state index in [-0.39, 0.29) is 5.25 Å². The van der Waals surface area contributed by atoms with Gasteiger partial charge in [-0.15, -0.1) is 21.5 Å². The van der Waals surface area contributed by atoms with Crippen LogP contribution in [0.25, 0.3) is 10.8 Å².